The predicted octanol–water partition coefficient (Wildman–Crippen LogP) is 3.80. The maximum Gasteiger partial charge on any atom is 0.336 e. The molecule has 2 aromatic carbocycles. The van der Waals surface area contributed by atoms with E-state index in [9.17, 15) is 9.90 Å². The van der Waals surface area contributed by atoms with E-state index >= 15 is 0 Å². The van der Waals surface area contributed by atoms with Gasteiger partial charge in [0.25, 0.3) is 0 Å². The van der Waals surface area contributed by atoms with Gasteiger partial charge in [0.1, 0.15) is 17.8 Å². The highest BCUT2D eigenvalue weighted by Gasteiger charge is 2.23. The standard InChI is InChI=1S/C23H23N5O2/c1-27-9-7-16(8-10-27)28-12-19(20-21(24)25-13-26-22(20)28)15-5-6-17-14(11-15)3-2-4-18(17)23(29)30/h2-6,11-13,16H,7-10H2,1H3,(H,29,30)(H2,24,25,26). The number of likely N-dealkylation sites (tertiary alicyclic amines) is 1. The second kappa shape index (κ2) is 7.11. The molecule has 1 aliphatic heterocycles. The van der Waals surface area contributed by atoms with Gasteiger partial charge in [-0.3, -0.25) is 0 Å². The molecule has 0 unspecified atom stereocenters. The van der Waals surface area contributed by atoms with Gasteiger partial charge in [0.05, 0.1) is 10.9 Å². The Morgan fingerprint density at radius 1 is 1.17 bits per heavy atom. The second-order valence-corrected chi connectivity index (χ2v) is 7.99. The first-order valence-electron chi connectivity index (χ1n) is 10.1. The van der Waals surface area contributed by atoms with Gasteiger partial charge < -0.3 is 20.3 Å². The van der Waals surface area contributed by atoms with Crippen LogP contribution in [0.2, 0.25) is 0 Å². The van der Waals surface area contributed by atoms with Gasteiger partial charge in [-0.2, -0.15) is 0 Å². The summed E-state index contributed by atoms with van der Waals surface area (Å²) in [4.78, 5) is 22.7. The number of carboxylic acid groups (broad SMARTS) is 1. The van der Waals surface area contributed by atoms with Crippen LogP contribution in [0.4, 0.5) is 5.82 Å². The minimum atomic E-state index is -0.926. The van der Waals surface area contributed by atoms with Gasteiger partial charge in [-0.1, -0.05) is 24.3 Å². The lowest BCUT2D eigenvalue weighted by Crippen LogP contribution is -2.31. The SMILES string of the molecule is CN1CCC(n2cc(-c3ccc4c(C(=O)O)cccc4c3)c3c(N)ncnc32)CC1. The molecule has 0 spiro atoms. The summed E-state index contributed by atoms with van der Waals surface area (Å²) in [6.45, 7) is 2.10. The molecule has 1 saturated heterocycles. The van der Waals surface area contributed by atoms with Crippen molar-refractivity contribution >= 4 is 33.6 Å². The molecule has 1 aliphatic rings. The lowest BCUT2D eigenvalue weighted by atomic mass is 9.98. The van der Waals surface area contributed by atoms with Crippen molar-refractivity contribution in [1.29, 1.82) is 0 Å². The van der Waals surface area contributed by atoms with E-state index in [1.807, 2.05) is 24.3 Å². The average Bonchev–Trinajstić information content (AvgIpc) is 3.14. The number of carboxylic acids is 1. The first kappa shape index (κ1) is 18.6. The quantitative estimate of drug-likeness (QED) is 0.542. The number of hydrogen-bond donors (Lipinski definition) is 2. The molecule has 0 amide bonds. The Hall–Kier alpha value is -3.45. The predicted molar refractivity (Wildman–Crippen MR) is 118 cm³/mol. The molecule has 0 bridgehead atoms. The Bertz CT molecular complexity index is 1270. The highest BCUT2D eigenvalue weighted by atomic mass is 16.4. The summed E-state index contributed by atoms with van der Waals surface area (Å²) in [5.74, 6) is -0.467. The van der Waals surface area contributed by atoms with E-state index < -0.39 is 5.97 Å². The van der Waals surface area contributed by atoms with Gasteiger partial charge in [-0.25, -0.2) is 14.8 Å². The number of nitrogen functional groups attached to an aromatic ring is 1. The Labute approximate surface area is 173 Å². The Morgan fingerprint density at radius 3 is 2.73 bits per heavy atom. The molecule has 7 nitrogen and oxygen atoms in total. The number of benzene rings is 2. The van der Waals surface area contributed by atoms with Crippen LogP contribution in [0.3, 0.4) is 0 Å². The van der Waals surface area contributed by atoms with Crippen molar-refractivity contribution < 1.29 is 9.90 Å². The molecule has 152 valence electrons. The largest absolute Gasteiger partial charge is 0.478 e. The third kappa shape index (κ3) is 2.98. The van der Waals surface area contributed by atoms with Gasteiger partial charge in [0.15, 0.2) is 0 Å². The third-order valence-corrected chi connectivity index (χ3v) is 6.14. The van der Waals surface area contributed by atoms with E-state index in [1.165, 1.54) is 6.33 Å². The fraction of sp³-hybridized carbons (Fsp3) is 0.261. The fourth-order valence-electron chi connectivity index (χ4n) is 4.52. The summed E-state index contributed by atoms with van der Waals surface area (Å²) >= 11 is 0. The molecule has 30 heavy (non-hydrogen) atoms. The van der Waals surface area contributed by atoms with Gasteiger partial charge >= 0.3 is 5.97 Å². The summed E-state index contributed by atoms with van der Waals surface area (Å²) in [5.41, 5.74) is 9.39. The second-order valence-electron chi connectivity index (χ2n) is 7.99. The van der Waals surface area contributed by atoms with Crippen molar-refractivity contribution in [2.75, 3.05) is 25.9 Å². The van der Waals surface area contributed by atoms with E-state index in [1.54, 1.807) is 12.1 Å². The summed E-state index contributed by atoms with van der Waals surface area (Å²) in [5, 5.41) is 11.9. The molecule has 4 aromatic rings. The minimum absolute atomic E-state index is 0.302. The molecule has 3 N–H and O–H groups in total. The van der Waals surface area contributed by atoms with Gasteiger partial charge in [0, 0.05) is 17.8 Å². The van der Waals surface area contributed by atoms with Crippen LogP contribution in [-0.4, -0.2) is 50.6 Å². The Kier molecular flexibility index (Phi) is 4.40. The van der Waals surface area contributed by atoms with Crippen molar-refractivity contribution in [3.63, 3.8) is 0 Å². The minimum Gasteiger partial charge on any atom is -0.478 e. The van der Waals surface area contributed by atoms with Crippen LogP contribution >= 0.6 is 0 Å². The van der Waals surface area contributed by atoms with Crippen LogP contribution < -0.4 is 5.73 Å². The number of carbonyl (C=O) groups is 1. The van der Waals surface area contributed by atoms with Crippen LogP contribution in [0.5, 0.6) is 0 Å². The zero-order valence-corrected chi connectivity index (χ0v) is 16.7. The van der Waals surface area contributed by atoms with Crippen molar-refractivity contribution in [3.8, 4) is 11.1 Å². The number of nitrogens with zero attached hydrogens (tertiary/aromatic N) is 4. The number of anilines is 1. The Balaban J connectivity index is 1.68. The number of piperidine rings is 1. The first-order chi connectivity index (χ1) is 14.5. The molecular weight excluding hydrogens is 378 g/mol. The van der Waals surface area contributed by atoms with Gasteiger partial charge in [-0.05, 0) is 61.4 Å². The number of aromatic nitrogens is 3. The number of aromatic carboxylic acids is 1. The summed E-state index contributed by atoms with van der Waals surface area (Å²) in [6, 6.07) is 11.5. The van der Waals surface area contributed by atoms with Gasteiger partial charge in [0.2, 0.25) is 0 Å². The number of hydrogen-bond acceptors (Lipinski definition) is 5. The molecule has 3 heterocycles. The van der Waals surface area contributed by atoms with Crippen molar-refractivity contribution in [3.05, 3.63) is 54.5 Å². The monoisotopic (exact) mass is 401 g/mol. The first-order valence-corrected chi connectivity index (χ1v) is 10.1. The van der Waals surface area contributed by atoms with Crippen LogP contribution in [0, 0.1) is 0 Å². The average molecular weight is 401 g/mol. The number of nitrogens with two attached hydrogens (primary N) is 1. The Morgan fingerprint density at radius 2 is 1.97 bits per heavy atom. The molecule has 0 saturated carbocycles. The van der Waals surface area contributed by atoms with E-state index in [0.717, 1.165) is 58.9 Å². The lowest BCUT2D eigenvalue weighted by molar-refractivity contribution is 0.0699. The van der Waals surface area contributed by atoms with Crippen LogP contribution in [0.25, 0.3) is 32.9 Å². The van der Waals surface area contributed by atoms with Gasteiger partial charge in [-0.15, -0.1) is 0 Å². The summed E-state index contributed by atoms with van der Waals surface area (Å²) in [7, 11) is 2.15. The molecule has 1 fully saturated rings. The van der Waals surface area contributed by atoms with E-state index in [-0.39, 0.29) is 0 Å². The summed E-state index contributed by atoms with van der Waals surface area (Å²) < 4.78 is 2.24. The zero-order chi connectivity index (χ0) is 20.8. The maximum absolute atomic E-state index is 11.6. The highest BCUT2D eigenvalue weighted by Crippen LogP contribution is 2.37. The van der Waals surface area contributed by atoms with E-state index in [4.69, 9.17) is 5.73 Å². The lowest BCUT2D eigenvalue weighted by Gasteiger charge is -2.30. The van der Waals surface area contributed by atoms with Crippen molar-refractivity contribution in [2.45, 2.75) is 18.9 Å². The van der Waals surface area contributed by atoms with Crippen LogP contribution in [-0.2, 0) is 0 Å². The molecule has 2 aromatic heterocycles. The normalized spacial score (nSPS) is 15.8. The number of rotatable bonds is 3. The third-order valence-electron chi connectivity index (χ3n) is 6.14. The molecule has 0 atom stereocenters. The maximum atomic E-state index is 11.6. The smallest absolute Gasteiger partial charge is 0.336 e. The topological polar surface area (TPSA) is 97.3 Å². The van der Waals surface area contributed by atoms with E-state index in [2.05, 4.69) is 32.7 Å². The molecule has 0 radical (unpaired) electrons. The van der Waals surface area contributed by atoms with Crippen molar-refractivity contribution in [1.82, 2.24) is 19.4 Å². The van der Waals surface area contributed by atoms with Crippen LogP contribution in [0.15, 0.2) is 48.9 Å². The van der Waals surface area contributed by atoms with Crippen LogP contribution in [0.1, 0.15) is 29.2 Å². The van der Waals surface area contributed by atoms with E-state index in [0.29, 0.717) is 17.4 Å². The zero-order valence-electron chi connectivity index (χ0n) is 16.7. The fourth-order valence-corrected chi connectivity index (χ4v) is 4.52. The summed E-state index contributed by atoms with van der Waals surface area (Å²) in [6.07, 6.45) is 5.77. The molecular formula is C23H23N5O2. The molecule has 0 aliphatic carbocycles. The molecule has 7 heteroatoms. The van der Waals surface area contributed by atoms with Crippen molar-refractivity contribution in [2.24, 2.45) is 0 Å². The molecule has 5 rings (SSSR count). The number of fused-ring (bicyclic) bond motifs is 2. The highest BCUT2D eigenvalue weighted by molar-refractivity contribution is 6.06.